The number of nitrogens with one attached hydrogen (secondary N) is 2. The lowest BCUT2D eigenvalue weighted by atomic mass is 10.4. The van der Waals surface area contributed by atoms with Gasteiger partial charge in [0.25, 0.3) is 0 Å². The molecule has 0 spiro atoms. The van der Waals surface area contributed by atoms with Crippen LogP contribution in [0.1, 0.15) is 27.7 Å². The Balaban J connectivity index is 3.36. The third-order valence-electron chi connectivity index (χ3n) is 2.92. The SMILES string of the molecule is CCOP(=O)(OCC)C(Nc1ccc(=O)[nH]c1)P(=O)(OCC)OCC. The summed E-state index contributed by atoms with van der Waals surface area (Å²) in [5, 5.41) is 2.83. The Morgan fingerprint density at radius 1 is 0.920 bits per heavy atom. The van der Waals surface area contributed by atoms with Crippen molar-refractivity contribution in [3.63, 3.8) is 0 Å². The van der Waals surface area contributed by atoms with Gasteiger partial charge in [-0.3, -0.25) is 13.9 Å². The normalized spacial score (nSPS) is 12.5. The fraction of sp³-hybridized carbons (Fsp3) is 0.643. The third kappa shape index (κ3) is 6.06. The number of H-pyrrole nitrogens is 1. The number of hydrogen-bond donors (Lipinski definition) is 2. The molecule has 0 aliphatic heterocycles. The predicted molar refractivity (Wildman–Crippen MR) is 96.2 cm³/mol. The second-order valence-corrected chi connectivity index (χ2v) is 9.34. The van der Waals surface area contributed by atoms with Gasteiger partial charge in [-0.25, -0.2) is 0 Å². The Morgan fingerprint density at radius 3 is 1.68 bits per heavy atom. The monoisotopic (exact) mass is 396 g/mol. The van der Waals surface area contributed by atoms with Gasteiger partial charge >= 0.3 is 15.2 Å². The number of hydrogen-bond acceptors (Lipinski definition) is 8. The van der Waals surface area contributed by atoms with E-state index in [1.807, 2.05) is 0 Å². The van der Waals surface area contributed by atoms with Crippen LogP contribution in [0.2, 0.25) is 0 Å². The highest BCUT2D eigenvalue weighted by molar-refractivity contribution is 7.72. The van der Waals surface area contributed by atoms with Crippen molar-refractivity contribution in [3.8, 4) is 0 Å². The Kier molecular flexibility index (Phi) is 9.07. The summed E-state index contributed by atoms with van der Waals surface area (Å²) < 4.78 is 47.9. The van der Waals surface area contributed by atoms with Gasteiger partial charge in [0.2, 0.25) is 11.1 Å². The average molecular weight is 396 g/mol. The molecule has 1 aromatic rings. The zero-order chi connectivity index (χ0) is 18.9. The van der Waals surface area contributed by atoms with Crippen LogP contribution in [0.3, 0.4) is 0 Å². The van der Waals surface area contributed by atoms with Crippen LogP contribution in [0, 0.1) is 0 Å². The van der Waals surface area contributed by atoms with Crippen LogP contribution in [0.15, 0.2) is 23.1 Å². The van der Waals surface area contributed by atoms with E-state index in [4.69, 9.17) is 18.1 Å². The fourth-order valence-electron chi connectivity index (χ4n) is 2.06. The largest absolute Gasteiger partial charge is 0.365 e. The summed E-state index contributed by atoms with van der Waals surface area (Å²) >= 11 is 0. The van der Waals surface area contributed by atoms with E-state index in [-0.39, 0.29) is 32.0 Å². The van der Waals surface area contributed by atoms with E-state index in [0.29, 0.717) is 5.69 Å². The molecule has 0 aromatic carbocycles. The maximum Gasteiger partial charge on any atom is 0.365 e. The minimum Gasteiger partial charge on any atom is -0.361 e. The second kappa shape index (κ2) is 10.3. The number of pyridine rings is 1. The molecule has 9 nitrogen and oxygen atoms in total. The molecule has 11 heteroatoms. The summed E-state index contributed by atoms with van der Waals surface area (Å²) in [5.74, 6) is 0. The number of aromatic nitrogens is 1. The van der Waals surface area contributed by atoms with Crippen LogP contribution in [0.5, 0.6) is 0 Å². The summed E-state index contributed by atoms with van der Waals surface area (Å²) in [7, 11) is -7.81. The molecule has 0 bridgehead atoms. The van der Waals surface area contributed by atoms with E-state index in [1.54, 1.807) is 27.7 Å². The Hall–Kier alpha value is -0.950. The van der Waals surface area contributed by atoms with Gasteiger partial charge in [-0.1, -0.05) is 0 Å². The molecule has 1 heterocycles. The maximum absolute atomic E-state index is 13.3. The van der Waals surface area contributed by atoms with Gasteiger partial charge in [-0.15, -0.1) is 0 Å². The van der Waals surface area contributed by atoms with Crippen molar-refractivity contribution < 1.29 is 27.2 Å². The summed E-state index contributed by atoms with van der Waals surface area (Å²) in [6, 6.07) is 2.73. The summed E-state index contributed by atoms with van der Waals surface area (Å²) in [6.45, 7) is 6.92. The molecule has 0 saturated heterocycles. The first-order chi connectivity index (χ1) is 11.8. The van der Waals surface area contributed by atoms with Gasteiger partial charge in [0.05, 0.1) is 32.1 Å². The highest BCUT2D eigenvalue weighted by Gasteiger charge is 2.51. The molecule has 0 aliphatic carbocycles. The molecule has 1 aromatic heterocycles. The summed E-state index contributed by atoms with van der Waals surface area (Å²) in [5.41, 5.74) is -1.33. The van der Waals surface area contributed by atoms with Crippen LogP contribution >= 0.6 is 15.2 Å². The molecule has 0 aliphatic rings. The van der Waals surface area contributed by atoms with Gasteiger partial charge < -0.3 is 28.4 Å². The molecule has 0 atom stereocenters. The van der Waals surface area contributed by atoms with Crippen molar-refractivity contribution in [2.24, 2.45) is 0 Å². The lowest BCUT2D eigenvalue weighted by Gasteiger charge is -2.32. The van der Waals surface area contributed by atoms with Gasteiger partial charge in [-0.05, 0) is 33.8 Å². The van der Waals surface area contributed by atoms with Crippen LogP contribution in [0.4, 0.5) is 5.69 Å². The average Bonchev–Trinajstić information content (AvgIpc) is 2.55. The van der Waals surface area contributed by atoms with Gasteiger partial charge in [0.1, 0.15) is 0 Å². The summed E-state index contributed by atoms with van der Waals surface area (Å²) in [6.07, 6.45) is 1.36. The lowest BCUT2D eigenvalue weighted by Crippen LogP contribution is -2.25. The van der Waals surface area contributed by atoms with E-state index in [1.165, 1.54) is 18.3 Å². The highest BCUT2D eigenvalue weighted by atomic mass is 31.2. The Bertz CT molecular complexity index is 609. The van der Waals surface area contributed by atoms with Crippen LogP contribution in [-0.4, -0.2) is 36.9 Å². The maximum atomic E-state index is 13.3. The van der Waals surface area contributed by atoms with Crippen LogP contribution in [-0.2, 0) is 27.2 Å². The highest BCUT2D eigenvalue weighted by Crippen LogP contribution is 2.70. The molecule has 0 fully saturated rings. The van der Waals surface area contributed by atoms with Crippen molar-refractivity contribution in [3.05, 3.63) is 28.7 Å². The van der Waals surface area contributed by atoms with E-state index in [0.717, 1.165) is 0 Å². The predicted octanol–water partition coefficient (Wildman–Crippen LogP) is 3.60. The molecule has 25 heavy (non-hydrogen) atoms. The summed E-state index contributed by atoms with van der Waals surface area (Å²) in [4.78, 5) is 13.7. The molecule has 144 valence electrons. The molecular formula is C14H26N2O7P2. The smallest absolute Gasteiger partial charge is 0.361 e. The van der Waals surface area contributed by atoms with Crippen molar-refractivity contribution in [2.45, 2.75) is 33.2 Å². The van der Waals surface area contributed by atoms with Crippen LogP contribution in [0.25, 0.3) is 0 Å². The lowest BCUT2D eigenvalue weighted by molar-refractivity contribution is 0.198. The van der Waals surface area contributed by atoms with E-state index >= 15 is 0 Å². The third-order valence-corrected chi connectivity index (χ3v) is 8.54. The van der Waals surface area contributed by atoms with E-state index in [2.05, 4.69) is 10.3 Å². The Morgan fingerprint density at radius 2 is 1.36 bits per heavy atom. The molecule has 0 unspecified atom stereocenters. The quantitative estimate of drug-likeness (QED) is 0.515. The molecule has 2 N–H and O–H groups in total. The van der Waals surface area contributed by atoms with Gasteiger partial charge in [0.15, 0.2) is 0 Å². The first-order valence-corrected chi connectivity index (χ1v) is 11.3. The molecular weight excluding hydrogens is 370 g/mol. The van der Waals surface area contributed by atoms with E-state index < -0.39 is 20.7 Å². The van der Waals surface area contributed by atoms with Crippen molar-refractivity contribution in [1.29, 1.82) is 0 Å². The van der Waals surface area contributed by atoms with Crippen LogP contribution < -0.4 is 10.9 Å². The molecule has 0 radical (unpaired) electrons. The zero-order valence-corrected chi connectivity index (χ0v) is 16.7. The first-order valence-electron chi connectivity index (χ1n) is 8.08. The van der Waals surface area contributed by atoms with Gasteiger partial charge in [-0.2, -0.15) is 0 Å². The Labute approximate surface area is 147 Å². The minimum absolute atomic E-state index is 0.0827. The van der Waals surface area contributed by atoms with E-state index in [9.17, 15) is 13.9 Å². The molecule has 1 rings (SSSR count). The van der Waals surface area contributed by atoms with Crippen molar-refractivity contribution in [1.82, 2.24) is 4.98 Å². The minimum atomic E-state index is -3.90. The molecule has 0 saturated carbocycles. The van der Waals surface area contributed by atoms with Crippen molar-refractivity contribution >= 4 is 20.9 Å². The number of anilines is 1. The standard InChI is InChI=1S/C14H26N2O7P2/c1-5-20-24(18,21-6-2)14(25(19,22-7-3)23-8-4)16-12-9-10-13(17)15-11-12/h9-11,14,16H,5-8H2,1-4H3,(H,15,17). The number of rotatable bonds is 12. The van der Waals surface area contributed by atoms with Crippen molar-refractivity contribution in [2.75, 3.05) is 31.7 Å². The zero-order valence-electron chi connectivity index (χ0n) is 14.9. The number of aromatic amines is 1. The molecule has 0 amide bonds. The fourth-order valence-corrected chi connectivity index (χ4v) is 7.01. The van der Waals surface area contributed by atoms with Gasteiger partial charge in [0, 0.05) is 12.3 Å². The topological polar surface area (TPSA) is 116 Å². The first kappa shape index (κ1) is 22.1. The second-order valence-electron chi connectivity index (χ2n) is 4.71.